The van der Waals surface area contributed by atoms with Gasteiger partial charge >= 0.3 is 0 Å². The van der Waals surface area contributed by atoms with E-state index in [4.69, 9.17) is 5.73 Å². The first-order valence-electron chi connectivity index (χ1n) is 7.12. The monoisotopic (exact) mass is 247 g/mol. The van der Waals surface area contributed by atoms with Gasteiger partial charge in [-0.2, -0.15) is 0 Å². The predicted octanol–water partition coefficient (Wildman–Crippen LogP) is 3.68. The van der Waals surface area contributed by atoms with E-state index in [1.807, 2.05) is 6.07 Å². The third-order valence-corrected chi connectivity index (χ3v) is 4.46. The second-order valence-corrected chi connectivity index (χ2v) is 5.98. The molecule has 0 aromatic heterocycles. The quantitative estimate of drug-likeness (QED) is 0.856. The van der Waals surface area contributed by atoms with Gasteiger partial charge < -0.3 is 10.8 Å². The Morgan fingerprint density at radius 3 is 2.39 bits per heavy atom. The topological polar surface area (TPSA) is 46.2 Å². The minimum Gasteiger partial charge on any atom is -0.508 e. The molecule has 18 heavy (non-hydrogen) atoms. The molecular weight excluding hydrogens is 222 g/mol. The van der Waals surface area contributed by atoms with Crippen molar-refractivity contribution >= 4 is 0 Å². The van der Waals surface area contributed by atoms with Crippen LogP contribution in [0.2, 0.25) is 0 Å². The van der Waals surface area contributed by atoms with Crippen molar-refractivity contribution in [1.29, 1.82) is 0 Å². The average molecular weight is 247 g/mol. The lowest BCUT2D eigenvalue weighted by Gasteiger charge is -2.37. The van der Waals surface area contributed by atoms with Crippen LogP contribution in [-0.2, 0) is 5.41 Å². The fourth-order valence-corrected chi connectivity index (χ4v) is 3.17. The van der Waals surface area contributed by atoms with E-state index in [0.717, 1.165) is 18.4 Å². The number of rotatable bonds is 3. The second kappa shape index (κ2) is 5.31. The molecule has 0 aliphatic heterocycles. The highest BCUT2D eigenvalue weighted by molar-refractivity contribution is 5.43. The van der Waals surface area contributed by atoms with Crippen molar-refractivity contribution in [2.45, 2.75) is 57.3 Å². The molecule has 1 aromatic rings. The van der Waals surface area contributed by atoms with Gasteiger partial charge in [0.15, 0.2) is 0 Å². The van der Waals surface area contributed by atoms with Crippen LogP contribution in [0.4, 0.5) is 0 Å². The Labute approximate surface area is 110 Å². The van der Waals surface area contributed by atoms with Gasteiger partial charge in [0.1, 0.15) is 5.75 Å². The summed E-state index contributed by atoms with van der Waals surface area (Å²) in [4.78, 5) is 0. The van der Waals surface area contributed by atoms with Crippen LogP contribution >= 0.6 is 0 Å². The number of phenols is 1. The van der Waals surface area contributed by atoms with Gasteiger partial charge in [0.05, 0.1) is 0 Å². The van der Waals surface area contributed by atoms with Crippen molar-refractivity contribution in [1.82, 2.24) is 0 Å². The highest BCUT2D eigenvalue weighted by Crippen LogP contribution is 2.42. The Morgan fingerprint density at radius 1 is 1.22 bits per heavy atom. The number of hydrogen-bond donors (Lipinski definition) is 2. The van der Waals surface area contributed by atoms with Crippen LogP contribution in [0.3, 0.4) is 0 Å². The van der Waals surface area contributed by atoms with Crippen molar-refractivity contribution < 1.29 is 5.11 Å². The standard InChI is InChI=1S/C16H25NO/c1-12(2)13-6-7-14(15(18)10-13)16(11-17)8-4-3-5-9-16/h6-7,10,12,18H,3-5,8-9,11,17H2,1-2H3. The largest absolute Gasteiger partial charge is 0.508 e. The zero-order chi connectivity index (χ0) is 13.2. The maximum absolute atomic E-state index is 10.3. The molecule has 0 radical (unpaired) electrons. The Hall–Kier alpha value is -1.02. The first-order valence-corrected chi connectivity index (χ1v) is 7.12. The van der Waals surface area contributed by atoms with E-state index in [9.17, 15) is 5.11 Å². The van der Waals surface area contributed by atoms with Gasteiger partial charge in [-0.05, 0) is 30.4 Å². The van der Waals surface area contributed by atoms with Gasteiger partial charge in [-0.25, -0.2) is 0 Å². The van der Waals surface area contributed by atoms with Crippen molar-refractivity contribution in [3.63, 3.8) is 0 Å². The van der Waals surface area contributed by atoms with Gasteiger partial charge in [0.2, 0.25) is 0 Å². The second-order valence-electron chi connectivity index (χ2n) is 5.98. The van der Waals surface area contributed by atoms with Crippen LogP contribution in [-0.4, -0.2) is 11.7 Å². The Morgan fingerprint density at radius 2 is 1.89 bits per heavy atom. The summed E-state index contributed by atoms with van der Waals surface area (Å²) in [7, 11) is 0. The summed E-state index contributed by atoms with van der Waals surface area (Å²) in [6, 6.07) is 6.17. The average Bonchev–Trinajstić information content (AvgIpc) is 2.39. The summed E-state index contributed by atoms with van der Waals surface area (Å²) < 4.78 is 0. The third-order valence-electron chi connectivity index (χ3n) is 4.46. The highest BCUT2D eigenvalue weighted by atomic mass is 16.3. The maximum Gasteiger partial charge on any atom is 0.119 e. The molecule has 2 heteroatoms. The molecule has 0 bridgehead atoms. The molecule has 100 valence electrons. The molecule has 0 amide bonds. The van der Waals surface area contributed by atoms with E-state index in [2.05, 4.69) is 26.0 Å². The van der Waals surface area contributed by atoms with Gasteiger partial charge in [0, 0.05) is 17.5 Å². The Bertz CT molecular complexity index is 406. The van der Waals surface area contributed by atoms with E-state index >= 15 is 0 Å². The van der Waals surface area contributed by atoms with Gasteiger partial charge in [0.25, 0.3) is 0 Å². The lowest BCUT2D eigenvalue weighted by molar-refractivity contribution is 0.290. The lowest BCUT2D eigenvalue weighted by atomic mass is 9.69. The van der Waals surface area contributed by atoms with Crippen LogP contribution in [0.1, 0.15) is 63.0 Å². The zero-order valence-corrected chi connectivity index (χ0v) is 11.6. The molecule has 0 spiro atoms. The number of aromatic hydroxyl groups is 1. The first kappa shape index (κ1) is 13.4. The first-order chi connectivity index (χ1) is 8.59. The summed E-state index contributed by atoms with van der Waals surface area (Å²) in [6.07, 6.45) is 5.97. The summed E-state index contributed by atoms with van der Waals surface area (Å²) in [6.45, 7) is 4.93. The molecule has 1 saturated carbocycles. The number of phenolic OH excluding ortho intramolecular Hbond substituents is 1. The molecule has 0 saturated heterocycles. The summed E-state index contributed by atoms with van der Waals surface area (Å²) in [5, 5.41) is 10.3. The van der Waals surface area contributed by atoms with Crippen molar-refractivity contribution in [2.75, 3.05) is 6.54 Å². The van der Waals surface area contributed by atoms with Crippen LogP contribution in [0, 0.1) is 0 Å². The van der Waals surface area contributed by atoms with E-state index in [1.165, 1.54) is 24.8 Å². The SMILES string of the molecule is CC(C)c1ccc(C2(CN)CCCCC2)c(O)c1. The molecule has 1 aromatic carbocycles. The third kappa shape index (κ3) is 2.39. The van der Waals surface area contributed by atoms with Crippen LogP contribution < -0.4 is 5.73 Å². The van der Waals surface area contributed by atoms with Crippen molar-refractivity contribution in [3.05, 3.63) is 29.3 Å². The van der Waals surface area contributed by atoms with E-state index in [0.29, 0.717) is 18.2 Å². The number of hydrogen-bond acceptors (Lipinski definition) is 2. The normalized spacial score (nSPS) is 19.1. The molecule has 0 heterocycles. The van der Waals surface area contributed by atoms with Crippen LogP contribution in [0.15, 0.2) is 18.2 Å². The molecule has 0 unspecified atom stereocenters. The smallest absolute Gasteiger partial charge is 0.119 e. The predicted molar refractivity (Wildman–Crippen MR) is 76.0 cm³/mol. The van der Waals surface area contributed by atoms with Crippen molar-refractivity contribution in [2.24, 2.45) is 5.73 Å². The van der Waals surface area contributed by atoms with E-state index < -0.39 is 0 Å². The summed E-state index contributed by atoms with van der Waals surface area (Å²) in [5.74, 6) is 0.888. The molecule has 2 nitrogen and oxygen atoms in total. The Kier molecular flexibility index (Phi) is 3.96. The zero-order valence-electron chi connectivity index (χ0n) is 11.6. The van der Waals surface area contributed by atoms with Crippen molar-refractivity contribution in [3.8, 4) is 5.75 Å². The minimum atomic E-state index is 0.0117. The number of nitrogens with two attached hydrogens (primary N) is 1. The fourth-order valence-electron chi connectivity index (χ4n) is 3.17. The highest BCUT2D eigenvalue weighted by Gasteiger charge is 2.34. The van der Waals surface area contributed by atoms with Crippen LogP contribution in [0.25, 0.3) is 0 Å². The number of benzene rings is 1. The molecule has 0 atom stereocenters. The van der Waals surface area contributed by atoms with Crippen LogP contribution in [0.5, 0.6) is 5.75 Å². The fraction of sp³-hybridized carbons (Fsp3) is 0.625. The molecule has 1 fully saturated rings. The van der Waals surface area contributed by atoms with Gasteiger partial charge in [-0.15, -0.1) is 0 Å². The van der Waals surface area contributed by atoms with E-state index in [-0.39, 0.29) is 5.41 Å². The summed E-state index contributed by atoms with van der Waals surface area (Å²) >= 11 is 0. The Balaban J connectivity index is 2.36. The molecule has 1 aliphatic carbocycles. The lowest BCUT2D eigenvalue weighted by Crippen LogP contribution is -2.37. The van der Waals surface area contributed by atoms with Gasteiger partial charge in [-0.3, -0.25) is 0 Å². The maximum atomic E-state index is 10.3. The minimum absolute atomic E-state index is 0.0117. The molecule has 2 rings (SSSR count). The molecular formula is C16H25NO. The summed E-state index contributed by atoms with van der Waals surface area (Å²) in [5.41, 5.74) is 8.30. The molecule has 1 aliphatic rings. The molecule has 3 N–H and O–H groups in total. The van der Waals surface area contributed by atoms with E-state index in [1.54, 1.807) is 0 Å². The van der Waals surface area contributed by atoms with Gasteiger partial charge in [-0.1, -0.05) is 45.2 Å².